The number of rotatable bonds is 3. The summed E-state index contributed by atoms with van der Waals surface area (Å²) < 4.78 is 3.13. The minimum atomic E-state index is -0.205. The van der Waals surface area contributed by atoms with Gasteiger partial charge in [-0.2, -0.15) is 15.2 Å². The molecule has 148 valence electrons. The van der Waals surface area contributed by atoms with E-state index in [-0.39, 0.29) is 22.6 Å². The van der Waals surface area contributed by atoms with Crippen LogP contribution < -0.4 is 16.0 Å². The van der Waals surface area contributed by atoms with Crippen LogP contribution in [0.4, 0.5) is 5.95 Å². The zero-order valence-corrected chi connectivity index (χ0v) is 16.6. The number of aromatic nitrogens is 6. The van der Waals surface area contributed by atoms with Crippen LogP contribution in [0.15, 0.2) is 27.9 Å². The van der Waals surface area contributed by atoms with Gasteiger partial charge < -0.3 is 4.90 Å². The van der Waals surface area contributed by atoms with Crippen LogP contribution in [-0.4, -0.2) is 42.1 Å². The normalized spacial score (nSPS) is 17.6. The van der Waals surface area contributed by atoms with Crippen LogP contribution in [0.5, 0.6) is 0 Å². The van der Waals surface area contributed by atoms with E-state index < -0.39 is 0 Å². The molecule has 1 unspecified atom stereocenters. The van der Waals surface area contributed by atoms with E-state index >= 15 is 0 Å². The highest BCUT2D eigenvalue weighted by Gasteiger charge is 2.28. The SMILES string of the molecule is Cn1ncc2c(=O)[nH]c(N3CCCC3Cn3nc(C(C)(C)C)ccc3=O)nc21. The molecule has 1 atom stereocenters. The fourth-order valence-corrected chi connectivity index (χ4v) is 3.64. The third-order valence-electron chi connectivity index (χ3n) is 5.26. The van der Waals surface area contributed by atoms with Crippen LogP contribution in [0, 0.1) is 0 Å². The highest BCUT2D eigenvalue weighted by molar-refractivity contribution is 5.74. The van der Waals surface area contributed by atoms with Gasteiger partial charge in [0.05, 0.1) is 24.5 Å². The Balaban J connectivity index is 1.68. The van der Waals surface area contributed by atoms with Crippen molar-refractivity contribution in [2.45, 2.75) is 51.6 Å². The van der Waals surface area contributed by atoms with E-state index in [1.165, 1.54) is 10.9 Å². The highest BCUT2D eigenvalue weighted by Crippen LogP contribution is 2.24. The smallest absolute Gasteiger partial charge is 0.266 e. The first-order chi connectivity index (χ1) is 13.2. The van der Waals surface area contributed by atoms with Crippen LogP contribution >= 0.6 is 0 Å². The topological polar surface area (TPSA) is 102 Å². The Morgan fingerprint density at radius 1 is 1.25 bits per heavy atom. The van der Waals surface area contributed by atoms with Crippen molar-refractivity contribution in [1.82, 2.24) is 29.5 Å². The lowest BCUT2D eigenvalue weighted by Gasteiger charge is -2.26. The molecule has 3 aromatic heterocycles. The van der Waals surface area contributed by atoms with E-state index in [9.17, 15) is 9.59 Å². The molecule has 1 saturated heterocycles. The molecule has 0 amide bonds. The van der Waals surface area contributed by atoms with Gasteiger partial charge in [-0.25, -0.2) is 4.68 Å². The Kier molecular flexibility index (Phi) is 4.32. The first-order valence-electron chi connectivity index (χ1n) is 9.51. The summed E-state index contributed by atoms with van der Waals surface area (Å²) in [6.07, 6.45) is 3.39. The van der Waals surface area contributed by atoms with Gasteiger partial charge in [-0.3, -0.25) is 19.3 Å². The van der Waals surface area contributed by atoms with Gasteiger partial charge in [0.2, 0.25) is 5.95 Å². The summed E-state index contributed by atoms with van der Waals surface area (Å²) in [5.74, 6) is 0.517. The molecule has 0 radical (unpaired) electrons. The van der Waals surface area contributed by atoms with Crippen molar-refractivity contribution < 1.29 is 0 Å². The van der Waals surface area contributed by atoms with Crippen molar-refractivity contribution in [1.29, 1.82) is 0 Å². The molecular weight excluding hydrogens is 358 g/mol. The molecule has 4 rings (SSSR count). The Labute approximate surface area is 162 Å². The summed E-state index contributed by atoms with van der Waals surface area (Å²) in [4.78, 5) is 34.3. The molecule has 0 bridgehead atoms. The van der Waals surface area contributed by atoms with Crippen LogP contribution in [-0.2, 0) is 19.0 Å². The summed E-state index contributed by atoms with van der Waals surface area (Å²) in [5, 5.41) is 9.17. The number of aryl methyl sites for hydroxylation is 1. The maximum Gasteiger partial charge on any atom is 0.266 e. The summed E-state index contributed by atoms with van der Waals surface area (Å²) in [6, 6.07) is 3.41. The van der Waals surface area contributed by atoms with Crippen molar-refractivity contribution >= 4 is 17.0 Å². The lowest BCUT2D eigenvalue weighted by molar-refractivity contribution is 0.455. The Hall–Kier alpha value is -2.97. The number of aromatic amines is 1. The first-order valence-corrected chi connectivity index (χ1v) is 9.51. The van der Waals surface area contributed by atoms with Crippen LogP contribution in [0.25, 0.3) is 11.0 Å². The number of fused-ring (bicyclic) bond motifs is 1. The van der Waals surface area contributed by atoms with Gasteiger partial charge in [0.25, 0.3) is 11.1 Å². The van der Waals surface area contributed by atoms with Crippen molar-refractivity contribution in [2.75, 3.05) is 11.4 Å². The molecule has 3 aromatic rings. The molecule has 0 aromatic carbocycles. The Morgan fingerprint density at radius 3 is 2.79 bits per heavy atom. The van der Waals surface area contributed by atoms with Gasteiger partial charge in [-0.15, -0.1) is 0 Å². The minimum absolute atomic E-state index is 0.0363. The number of H-pyrrole nitrogens is 1. The van der Waals surface area contributed by atoms with Gasteiger partial charge in [-0.1, -0.05) is 20.8 Å². The van der Waals surface area contributed by atoms with Crippen molar-refractivity contribution in [3.63, 3.8) is 0 Å². The monoisotopic (exact) mass is 383 g/mol. The highest BCUT2D eigenvalue weighted by atomic mass is 16.1. The average molecular weight is 383 g/mol. The third kappa shape index (κ3) is 3.21. The van der Waals surface area contributed by atoms with E-state index in [2.05, 4.69) is 45.8 Å². The molecule has 9 nitrogen and oxygen atoms in total. The number of hydrogen-bond acceptors (Lipinski definition) is 6. The van der Waals surface area contributed by atoms with E-state index in [0.29, 0.717) is 23.5 Å². The molecule has 1 fully saturated rings. The number of nitrogens with zero attached hydrogens (tertiary/aromatic N) is 6. The van der Waals surface area contributed by atoms with Crippen molar-refractivity contribution in [3.8, 4) is 0 Å². The standard InChI is InChI=1S/C19H25N7O2/c1-19(2,3)14-7-8-15(27)26(23-14)11-12-6-5-9-25(12)18-21-16-13(17(28)22-18)10-20-24(16)4/h7-8,10,12H,5-6,9,11H2,1-4H3,(H,21,22,28). The van der Waals surface area contributed by atoms with Crippen molar-refractivity contribution in [3.05, 3.63) is 44.7 Å². The van der Waals surface area contributed by atoms with Gasteiger partial charge in [0.15, 0.2) is 5.65 Å². The van der Waals surface area contributed by atoms with Crippen LogP contribution in [0.3, 0.4) is 0 Å². The number of hydrogen-bond donors (Lipinski definition) is 1. The molecule has 0 aliphatic carbocycles. The number of nitrogens with one attached hydrogen (secondary N) is 1. The van der Waals surface area contributed by atoms with E-state index in [4.69, 9.17) is 0 Å². The van der Waals surface area contributed by atoms with Gasteiger partial charge in [0, 0.05) is 25.1 Å². The van der Waals surface area contributed by atoms with Crippen molar-refractivity contribution in [2.24, 2.45) is 7.05 Å². The largest absolute Gasteiger partial charge is 0.337 e. The van der Waals surface area contributed by atoms with Crippen LogP contribution in [0.1, 0.15) is 39.3 Å². The molecule has 0 saturated carbocycles. The zero-order valence-electron chi connectivity index (χ0n) is 16.6. The minimum Gasteiger partial charge on any atom is -0.337 e. The fourth-order valence-electron chi connectivity index (χ4n) is 3.64. The second-order valence-corrected chi connectivity index (χ2v) is 8.37. The molecule has 1 N–H and O–H groups in total. The summed E-state index contributed by atoms with van der Waals surface area (Å²) in [5.41, 5.74) is 0.961. The quantitative estimate of drug-likeness (QED) is 0.729. The zero-order chi connectivity index (χ0) is 20.1. The Morgan fingerprint density at radius 2 is 2.04 bits per heavy atom. The molecule has 28 heavy (non-hydrogen) atoms. The summed E-state index contributed by atoms with van der Waals surface area (Å²) in [7, 11) is 1.77. The molecule has 9 heteroatoms. The van der Waals surface area contributed by atoms with Gasteiger partial charge >= 0.3 is 0 Å². The molecule has 1 aliphatic rings. The summed E-state index contributed by atoms with van der Waals surface area (Å²) >= 11 is 0. The predicted octanol–water partition coefficient (Wildman–Crippen LogP) is 1.18. The second kappa shape index (κ2) is 6.57. The lowest BCUT2D eigenvalue weighted by atomic mass is 9.92. The molecular formula is C19H25N7O2. The maximum atomic E-state index is 12.4. The maximum absolute atomic E-state index is 12.4. The Bertz CT molecular complexity index is 1140. The van der Waals surface area contributed by atoms with Gasteiger partial charge in [-0.05, 0) is 18.9 Å². The van der Waals surface area contributed by atoms with Crippen LogP contribution in [0.2, 0.25) is 0 Å². The third-order valence-corrected chi connectivity index (χ3v) is 5.26. The molecule has 0 spiro atoms. The average Bonchev–Trinajstić information content (AvgIpc) is 3.23. The fraction of sp³-hybridized carbons (Fsp3) is 0.526. The predicted molar refractivity (Wildman–Crippen MR) is 107 cm³/mol. The van der Waals surface area contributed by atoms with E-state index in [1.54, 1.807) is 23.9 Å². The first kappa shape index (κ1) is 18.4. The summed E-state index contributed by atoms with van der Waals surface area (Å²) in [6.45, 7) is 7.44. The lowest BCUT2D eigenvalue weighted by Crippen LogP contribution is -2.39. The number of anilines is 1. The molecule has 1 aliphatic heterocycles. The second-order valence-electron chi connectivity index (χ2n) is 8.37. The van der Waals surface area contributed by atoms with E-state index in [1.807, 2.05) is 0 Å². The molecule has 4 heterocycles. The van der Waals surface area contributed by atoms with Gasteiger partial charge in [0.1, 0.15) is 5.39 Å². The van der Waals surface area contributed by atoms with E-state index in [0.717, 1.165) is 25.1 Å².